The molecule has 10 nitrogen and oxygen atoms in total. The molecule has 1 N–H and O–H groups in total. The molecule has 0 bridgehead atoms. The van der Waals surface area contributed by atoms with Crippen molar-refractivity contribution in [2.24, 2.45) is 5.41 Å². The standard InChI is InChI=1S/C36H39ClF6N4O6S2/c1-5-8-27-34(53-23-18-28(54-20-23)36(41,42)43,13-7-15-47(27)30(48)29-25(35(38,39)40)9-6-14-44-29)32(50)46-16-12-21-17-22(37)10-11-24(21)26(46)19-33(2,3)31(49)45-55(4,51)52/h6,9-11,14,17-18,20,26-27H,5,7-8,12-13,15-16,19H2,1-4H3,(H,45,49)/t26?,27-,34+/m1/s1. The summed E-state index contributed by atoms with van der Waals surface area (Å²) in [5, 5.41) is 1.47. The van der Waals surface area contributed by atoms with Crippen molar-refractivity contribution in [3.63, 3.8) is 0 Å². The van der Waals surface area contributed by atoms with E-state index >= 15 is 4.79 Å². The van der Waals surface area contributed by atoms with Crippen LogP contribution in [0, 0.1) is 5.41 Å². The molecule has 19 heteroatoms. The second kappa shape index (κ2) is 15.6. The quantitative estimate of drug-likeness (QED) is 0.208. The van der Waals surface area contributed by atoms with Crippen LogP contribution in [0.2, 0.25) is 5.02 Å². The molecule has 1 saturated heterocycles. The van der Waals surface area contributed by atoms with Gasteiger partial charge in [0.05, 0.1) is 23.9 Å². The van der Waals surface area contributed by atoms with E-state index in [0.717, 1.165) is 40.4 Å². The molecule has 3 amide bonds. The largest absolute Gasteiger partial charge is 0.474 e. The first kappa shape index (κ1) is 42.2. The molecule has 1 aromatic carbocycles. The molecule has 1 fully saturated rings. The molecular formula is C36H39ClF6N4O6S2. The van der Waals surface area contributed by atoms with Gasteiger partial charge in [-0.1, -0.05) is 44.9 Å². The molecule has 0 spiro atoms. The van der Waals surface area contributed by atoms with Crippen molar-refractivity contribution >= 4 is 50.7 Å². The van der Waals surface area contributed by atoms with Gasteiger partial charge in [0.1, 0.15) is 16.3 Å². The van der Waals surface area contributed by atoms with Crippen LogP contribution in [0.25, 0.3) is 0 Å². The van der Waals surface area contributed by atoms with Crippen molar-refractivity contribution in [2.45, 2.75) is 89.3 Å². The Kier molecular flexibility index (Phi) is 12.0. The van der Waals surface area contributed by atoms with Crippen LogP contribution >= 0.6 is 22.9 Å². The summed E-state index contributed by atoms with van der Waals surface area (Å²) in [5.74, 6) is -3.10. The minimum atomic E-state index is -4.96. The lowest BCUT2D eigenvalue weighted by Crippen LogP contribution is -2.68. The highest BCUT2D eigenvalue weighted by Gasteiger charge is 2.57. The van der Waals surface area contributed by atoms with Crippen molar-refractivity contribution in [3.05, 3.63) is 80.3 Å². The number of fused-ring (bicyclic) bond motifs is 1. The van der Waals surface area contributed by atoms with E-state index in [2.05, 4.69) is 4.98 Å². The SMILES string of the molecule is CCC[C@H]1N(C(=O)c2ncccc2C(F)(F)F)CCC[C@@]1(Oc1csc(C(F)(F)F)c1)C(=O)N1CCc2cc(Cl)ccc2C1CC(C)(C)C(=O)NS(C)(=O)=O. The third-order valence-corrected chi connectivity index (χ3v) is 11.6. The number of carbonyl (C=O) groups excluding carboxylic acids is 3. The second-order valence-corrected chi connectivity index (χ2v) is 17.4. The molecule has 0 saturated carbocycles. The van der Waals surface area contributed by atoms with Gasteiger partial charge in [0, 0.05) is 47.6 Å². The van der Waals surface area contributed by atoms with E-state index in [-0.39, 0.29) is 57.4 Å². The number of thiophene rings is 1. The van der Waals surface area contributed by atoms with Crippen LogP contribution < -0.4 is 9.46 Å². The Bertz CT molecular complexity index is 2060. The maximum atomic E-state index is 15.5. The number of ether oxygens (including phenoxy) is 1. The molecule has 55 heavy (non-hydrogen) atoms. The van der Waals surface area contributed by atoms with E-state index in [9.17, 15) is 44.3 Å². The zero-order valence-corrected chi connectivity index (χ0v) is 32.6. The van der Waals surface area contributed by atoms with Crippen molar-refractivity contribution in [3.8, 4) is 5.75 Å². The third-order valence-electron chi connectivity index (χ3n) is 9.84. The van der Waals surface area contributed by atoms with Crippen LogP contribution in [0.5, 0.6) is 5.75 Å². The van der Waals surface area contributed by atoms with E-state index in [0.29, 0.717) is 28.0 Å². The van der Waals surface area contributed by atoms with Crippen LogP contribution in [0.15, 0.2) is 48.0 Å². The maximum Gasteiger partial charge on any atom is 0.425 e. The minimum Gasteiger partial charge on any atom is -0.474 e. The Hall–Kier alpha value is -3.90. The number of benzene rings is 1. The first-order chi connectivity index (χ1) is 25.5. The first-order valence-electron chi connectivity index (χ1n) is 17.3. The normalized spacial score (nSPS) is 20.9. The summed E-state index contributed by atoms with van der Waals surface area (Å²) in [6.07, 6.45) is -7.63. The predicted octanol–water partition coefficient (Wildman–Crippen LogP) is 7.67. The summed E-state index contributed by atoms with van der Waals surface area (Å²) in [6, 6.07) is 5.15. The lowest BCUT2D eigenvalue weighted by molar-refractivity contribution is -0.163. The number of sulfonamides is 1. The Balaban J connectivity index is 1.68. The fourth-order valence-corrected chi connectivity index (χ4v) is 8.83. The number of piperidine rings is 1. The highest BCUT2D eigenvalue weighted by Crippen LogP contribution is 2.46. The number of rotatable bonds is 10. The lowest BCUT2D eigenvalue weighted by Gasteiger charge is -2.52. The molecule has 4 heterocycles. The Labute approximate surface area is 323 Å². The number of hydrogen-bond acceptors (Lipinski definition) is 8. The fourth-order valence-electron chi connectivity index (χ4n) is 7.35. The first-order valence-corrected chi connectivity index (χ1v) is 20.4. The Morgan fingerprint density at radius 1 is 1.05 bits per heavy atom. The molecular weight excluding hydrogens is 798 g/mol. The van der Waals surface area contributed by atoms with Crippen molar-refractivity contribution in [1.82, 2.24) is 19.5 Å². The van der Waals surface area contributed by atoms with Gasteiger partial charge in [0.15, 0.2) is 0 Å². The van der Waals surface area contributed by atoms with Crippen LogP contribution in [0.3, 0.4) is 0 Å². The van der Waals surface area contributed by atoms with E-state index in [1.807, 2.05) is 4.72 Å². The molecule has 300 valence electrons. The third kappa shape index (κ3) is 9.06. The summed E-state index contributed by atoms with van der Waals surface area (Å²) in [6.45, 7) is 4.56. The topological polar surface area (TPSA) is 126 Å². The number of nitrogens with zero attached hydrogens (tertiary/aromatic N) is 3. The van der Waals surface area contributed by atoms with Crippen LogP contribution in [-0.4, -0.2) is 71.9 Å². The van der Waals surface area contributed by atoms with Gasteiger partial charge in [0.25, 0.3) is 11.8 Å². The van der Waals surface area contributed by atoms with Crippen LogP contribution in [0.4, 0.5) is 26.3 Å². The maximum absolute atomic E-state index is 15.5. The zero-order valence-electron chi connectivity index (χ0n) is 30.2. The van der Waals surface area contributed by atoms with Crippen LogP contribution in [-0.2, 0) is 38.4 Å². The van der Waals surface area contributed by atoms with E-state index in [4.69, 9.17) is 16.3 Å². The molecule has 2 aromatic heterocycles. The summed E-state index contributed by atoms with van der Waals surface area (Å²) >= 11 is 6.64. The average molecular weight is 837 g/mol. The number of halogens is 7. The summed E-state index contributed by atoms with van der Waals surface area (Å²) in [4.78, 5) is 48.3. The van der Waals surface area contributed by atoms with Gasteiger partial charge < -0.3 is 14.5 Å². The highest BCUT2D eigenvalue weighted by atomic mass is 35.5. The summed E-state index contributed by atoms with van der Waals surface area (Å²) in [7, 11) is -3.99. The van der Waals surface area contributed by atoms with Gasteiger partial charge in [-0.3, -0.25) is 24.1 Å². The minimum absolute atomic E-state index is 0.00507. The lowest BCUT2D eigenvalue weighted by atomic mass is 9.76. The van der Waals surface area contributed by atoms with Gasteiger partial charge in [-0.2, -0.15) is 26.3 Å². The summed E-state index contributed by atoms with van der Waals surface area (Å²) < 4.78 is 116. The smallest absolute Gasteiger partial charge is 0.425 e. The number of alkyl halides is 6. The molecule has 5 rings (SSSR count). The molecule has 3 aromatic rings. The Morgan fingerprint density at radius 2 is 1.76 bits per heavy atom. The molecule has 1 unspecified atom stereocenters. The summed E-state index contributed by atoms with van der Waals surface area (Å²) in [5.41, 5.74) is -4.49. The van der Waals surface area contributed by atoms with Crippen molar-refractivity contribution in [1.29, 1.82) is 0 Å². The van der Waals surface area contributed by atoms with Gasteiger partial charge in [-0.15, -0.1) is 11.3 Å². The number of nitrogens with one attached hydrogen (secondary N) is 1. The molecule has 0 radical (unpaired) electrons. The predicted molar refractivity (Wildman–Crippen MR) is 192 cm³/mol. The average Bonchev–Trinajstić information content (AvgIpc) is 3.56. The van der Waals surface area contributed by atoms with Gasteiger partial charge in [-0.05, 0) is 61.1 Å². The molecule has 2 aliphatic heterocycles. The van der Waals surface area contributed by atoms with Gasteiger partial charge >= 0.3 is 12.4 Å². The molecule has 2 aliphatic rings. The molecule has 0 aliphatic carbocycles. The number of hydrogen-bond donors (Lipinski definition) is 1. The van der Waals surface area contributed by atoms with E-state index in [1.165, 1.54) is 18.7 Å². The van der Waals surface area contributed by atoms with E-state index < -0.39 is 79.3 Å². The van der Waals surface area contributed by atoms with Crippen molar-refractivity contribution in [2.75, 3.05) is 19.3 Å². The van der Waals surface area contributed by atoms with E-state index in [1.54, 1.807) is 25.1 Å². The van der Waals surface area contributed by atoms with Gasteiger partial charge in [0.2, 0.25) is 21.5 Å². The monoisotopic (exact) mass is 836 g/mol. The highest BCUT2D eigenvalue weighted by molar-refractivity contribution is 7.89. The Morgan fingerprint density at radius 3 is 2.38 bits per heavy atom. The fraction of sp³-hybridized carbons (Fsp3) is 0.500. The number of amides is 3. The number of carbonyl (C=O) groups is 3. The van der Waals surface area contributed by atoms with Crippen molar-refractivity contribution < 1.29 is 53.9 Å². The molecule has 3 atom stereocenters. The number of pyridine rings is 1. The second-order valence-electron chi connectivity index (χ2n) is 14.3. The van der Waals surface area contributed by atoms with Gasteiger partial charge in [-0.25, -0.2) is 8.42 Å². The number of aromatic nitrogens is 1. The zero-order chi connectivity index (χ0) is 40.7. The van der Waals surface area contributed by atoms with Crippen LogP contribution in [0.1, 0.15) is 91.0 Å². The number of likely N-dealkylation sites (tertiary alicyclic amines) is 1.